The van der Waals surface area contributed by atoms with Crippen molar-refractivity contribution in [3.8, 4) is 0 Å². The van der Waals surface area contributed by atoms with Crippen molar-refractivity contribution in [2.75, 3.05) is 32.7 Å². The Morgan fingerprint density at radius 3 is 2.64 bits per heavy atom. The van der Waals surface area contributed by atoms with Crippen molar-refractivity contribution in [1.82, 2.24) is 15.5 Å². The second kappa shape index (κ2) is 5.43. The highest BCUT2D eigenvalue weighted by atomic mass is 16.6. The van der Waals surface area contributed by atoms with E-state index in [0.29, 0.717) is 19.6 Å². The van der Waals surface area contributed by atoms with Crippen molar-refractivity contribution in [1.29, 1.82) is 0 Å². The molecule has 1 heterocycles. The first-order chi connectivity index (χ1) is 6.74. The zero-order valence-corrected chi connectivity index (χ0v) is 8.21. The number of ether oxygens (including phenoxy) is 1. The molecule has 0 aromatic carbocycles. The minimum atomic E-state index is -0.684. The average molecular weight is 201 g/mol. The van der Waals surface area contributed by atoms with Crippen LogP contribution in [-0.4, -0.2) is 49.8 Å². The second-order valence-electron chi connectivity index (χ2n) is 2.92. The molecule has 2 amide bonds. The van der Waals surface area contributed by atoms with Gasteiger partial charge in [0.15, 0.2) is 0 Å². The predicted octanol–water partition coefficient (Wildman–Crippen LogP) is -0.242. The van der Waals surface area contributed by atoms with E-state index in [2.05, 4.69) is 15.4 Å². The largest absolute Gasteiger partial charge is 0.418 e. The van der Waals surface area contributed by atoms with Crippen LogP contribution < -0.4 is 10.6 Å². The average Bonchev–Trinajstić information content (AvgIpc) is 2.19. The highest BCUT2D eigenvalue weighted by Gasteiger charge is 2.19. The smallest absolute Gasteiger partial charge is 0.359 e. The lowest BCUT2D eigenvalue weighted by Crippen LogP contribution is -2.47. The van der Waals surface area contributed by atoms with E-state index in [1.807, 2.05) is 0 Å². The maximum Gasteiger partial charge on any atom is 0.418 e. The SMILES string of the molecule is CCNC(=O)OC(=O)N1CCNCC1. The van der Waals surface area contributed by atoms with Crippen LogP contribution in [0.25, 0.3) is 0 Å². The number of carbonyl (C=O) groups excluding carboxylic acids is 2. The Morgan fingerprint density at radius 2 is 2.07 bits per heavy atom. The van der Waals surface area contributed by atoms with Crippen molar-refractivity contribution in [3.05, 3.63) is 0 Å². The normalized spacial score (nSPS) is 16.2. The molecule has 6 nitrogen and oxygen atoms in total. The Morgan fingerprint density at radius 1 is 1.43 bits per heavy atom. The number of hydrogen-bond donors (Lipinski definition) is 2. The van der Waals surface area contributed by atoms with E-state index in [-0.39, 0.29) is 0 Å². The van der Waals surface area contributed by atoms with Gasteiger partial charge in [0.2, 0.25) is 0 Å². The van der Waals surface area contributed by atoms with Gasteiger partial charge in [-0.25, -0.2) is 9.59 Å². The van der Waals surface area contributed by atoms with Crippen LogP contribution in [0.15, 0.2) is 0 Å². The fraction of sp³-hybridized carbons (Fsp3) is 0.750. The van der Waals surface area contributed by atoms with Gasteiger partial charge in [-0.1, -0.05) is 0 Å². The lowest BCUT2D eigenvalue weighted by Gasteiger charge is -2.25. The van der Waals surface area contributed by atoms with Gasteiger partial charge in [0, 0.05) is 32.7 Å². The van der Waals surface area contributed by atoms with Gasteiger partial charge in [-0.05, 0) is 6.92 Å². The lowest BCUT2D eigenvalue weighted by atomic mass is 10.4. The minimum Gasteiger partial charge on any atom is -0.359 e. The Balaban J connectivity index is 2.29. The zero-order chi connectivity index (χ0) is 10.4. The van der Waals surface area contributed by atoms with Gasteiger partial charge < -0.3 is 20.3 Å². The highest BCUT2D eigenvalue weighted by Crippen LogP contribution is 1.96. The van der Waals surface area contributed by atoms with E-state index in [1.54, 1.807) is 6.92 Å². The fourth-order valence-electron chi connectivity index (χ4n) is 1.17. The molecule has 1 saturated heterocycles. The van der Waals surface area contributed by atoms with E-state index in [1.165, 1.54) is 4.90 Å². The molecule has 2 N–H and O–H groups in total. The molecule has 14 heavy (non-hydrogen) atoms. The maximum atomic E-state index is 11.3. The summed E-state index contributed by atoms with van der Waals surface area (Å²) < 4.78 is 4.54. The van der Waals surface area contributed by atoms with Gasteiger partial charge in [-0.2, -0.15) is 0 Å². The molecular weight excluding hydrogens is 186 g/mol. The van der Waals surface area contributed by atoms with Crippen LogP contribution in [0.3, 0.4) is 0 Å². The summed E-state index contributed by atoms with van der Waals surface area (Å²) in [7, 11) is 0. The van der Waals surface area contributed by atoms with Gasteiger partial charge in [0.1, 0.15) is 0 Å². The molecule has 6 heteroatoms. The Hall–Kier alpha value is -1.30. The third-order valence-electron chi connectivity index (χ3n) is 1.88. The van der Waals surface area contributed by atoms with Crippen LogP contribution in [0, 0.1) is 0 Å². The van der Waals surface area contributed by atoms with Crippen molar-refractivity contribution >= 4 is 12.2 Å². The summed E-state index contributed by atoms with van der Waals surface area (Å²) in [6.45, 7) is 4.86. The highest BCUT2D eigenvalue weighted by molar-refractivity contribution is 5.83. The van der Waals surface area contributed by atoms with Gasteiger partial charge >= 0.3 is 12.2 Å². The molecule has 0 aromatic rings. The number of hydrogen-bond acceptors (Lipinski definition) is 4. The molecule has 0 bridgehead atoms. The summed E-state index contributed by atoms with van der Waals surface area (Å²) in [5, 5.41) is 5.49. The molecule has 0 radical (unpaired) electrons. The van der Waals surface area contributed by atoms with Gasteiger partial charge in [-0.15, -0.1) is 0 Å². The molecule has 1 aliphatic heterocycles. The van der Waals surface area contributed by atoms with Crippen LogP contribution in [0.4, 0.5) is 9.59 Å². The second-order valence-corrected chi connectivity index (χ2v) is 2.92. The van der Waals surface area contributed by atoms with Crippen LogP contribution >= 0.6 is 0 Å². The number of nitrogens with zero attached hydrogens (tertiary/aromatic N) is 1. The zero-order valence-electron chi connectivity index (χ0n) is 8.21. The minimum absolute atomic E-state index is 0.452. The molecule has 0 unspecified atom stereocenters. The number of piperazine rings is 1. The Bertz CT molecular complexity index is 214. The Kier molecular flexibility index (Phi) is 4.18. The molecular formula is C8H15N3O3. The van der Waals surface area contributed by atoms with Gasteiger partial charge in [0.25, 0.3) is 0 Å². The van der Waals surface area contributed by atoms with Crippen LogP contribution in [0.5, 0.6) is 0 Å². The van der Waals surface area contributed by atoms with Crippen molar-refractivity contribution < 1.29 is 14.3 Å². The van der Waals surface area contributed by atoms with Crippen molar-refractivity contribution in [2.24, 2.45) is 0 Å². The summed E-state index contributed by atoms with van der Waals surface area (Å²) in [6.07, 6.45) is -1.26. The molecule has 0 aromatic heterocycles. The first kappa shape index (κ1) is 10.8. The topological polar surface area (TPSA) is 70.7 Å². The van der Waals surface area contributed by atoms with Crippen LogP contribution in [0.1, 0.15) is 6.92 Å². The van der Waals surface area contributed by atoms with E-state index in [9.17, 15) is 9.59 Å². The van der Waals surface area contributed by atoms with E-state index in [4.69, 9.17) is 0 Å². The summed E-state index contributed by atoms with van der Waals surface area (Å²) in [5.41, 5.74) is 0. The Labute approximate surface area is 82.6 Å². The third kappa shape index (κ3) is 3.21. The number of alkyl carbamates (subject to hydrolysis) is 1. The molecule has 0 spiro atoms. The summed E-state index contributed by atoms with van der Waals surface area (Å²) in [6, 6.07) is 0. The molecule has 0 saturated carbocycles. The predicted molar refractivity (Wildman–Crippen MR) is 50.0 cm³/mol. The van der Waals surface area contributed by atoms with Gasteiger partial charge in [-0.3, -0.25) is 0 Å². The summed E-state index contributed by atoms with van der Waals surface area (Å²) in [4.78, 5) is 23.7. The van der Waals surface area contributed by atoms with Crippen molar-refractivity contribution in [3.63, 3.8) is 0 Å². The van der Waals surface area contributed by atoms with E-state index < -0.39 is 12.2 Å². The first-order valence-electron chi connectivity index (χ1n) is 4.69. The molecule has 0 atom stereocenters. The van der Waals surface area contributed by atoms with Gasteiger partial charge in [0.05, 0.1) is 0 Å². The number of amides is 2. The standard InChI is InChI=1S/C8H15N3O3/c1-2-10-7(12)14-8(13)11-5-3-9-4-6-11/h9H,2-6H2,1H3,(H,10,12). The van der Waals surface area contributed by atoms with Crippen molar-refractivity contribution in [2.45, 2.75) is 6.92 Å². The third-order valence-corrected chi connectivity index (χ3v) is 1.88. The monoisotopic (exact) mass is 201 g/mol. The quantitative estimate of drug-likeness (QED) is 0.574. The van der Waals surface area contributed by atoms with E-state index >= 15 is 0 Å². The molecule has 1 rings (SSSR count). The number of nitrogens with one attached hydrogen (secondary N) is 2. The molecule has 1 aliphatic rings. The first-order valence-corrected chi connectivity index (χ1v) is 4.69. The molecule has 0 aliphatic carbocycles. The summed E-state index contributed by atoms with van der Waals surface area (Å²) in [5.74, 6) is 0. The molecule has 1 fully saturated rings. The lowest BCUT2D eigenvalue weighted by molar-refractivity contribution is 0.113. The van der Waals surface area contributed by atoms with Crippen LogP contribution in [-0.2, 0) is 4.74 Å². The fourth-order valence-corrected chi connectivity index (χ4v) is 1.17. The number of carbonyl (C=O) groups is 2. The van der Waals surface area contributed by atoms with Crippen LogP contribution in [0.2, 0.25) is 0 Å². The number of rotatable bonds is 1. The maximum absolute atomic E-state index is 11.3. The summed E-state index contributed by atoms with van der Waals surface area (Å²) >= 11 is 0. The van der Waals surface area contributed by atoms with E-state index in [0.717, 1.165) is 13.1 Å². The molecule has 80 valence electrons.